The number of rotatable bonds is 3. The lowest BCUT2D eigenvalue weighted by Gasteiger charge is -2.19. The molecule has 1 N–H and O–H groups in total. The minimum Gasteiger partial charge on any atom is -0.479 e. The Labute approximate surface area is 92.3 Å². The summed E-state index contributed by atoms with van der Waals surface area (Å²) in [5, 5.41) is 8.57. The number of thioether (sulfide) groups is 1. The summed E-state index contributed by atoms with van der Waals surface area (Å²) in [6, 6.07) is 5.69. The van der Waals surface area contributed by atoms with Gasteiger partial charge < -0.3 is 5.11 Å². The van der Waals surface area contributed by atoms with Crippen LogP contribution in [0, 0.1) is 0 Å². The predicted molar refractivity (Wildman–Crippen MR) is 58.5 cm³/mol. The first-order valence-corrected chi connectivity index (χ1v) is 5.80. The lowest BCUT2D eigenvalue weighted by Crippen LogP contribution is -2.34. The van der Waals surface area contributed by atoms with Gasteiger partial charge in [-0.15, -0.1) is 11.8 Å². The normalized spacial score (nSPS) is 21.7. The van der Waals surface area contributed by atoms with Gasteiger partial charge in [-0.25, -0.2) is 4.79 Å². The Hall–Kier alpha value is -1.07. The second kappa shape index (κ2) is 4.63. The van der Waals surface area contributed by atoms with Crippen LogP contribution < -0.4 is 0 Å². The van der Waals surface area contributed by atoms with Crippen LogP contribution in [-0.4, -0.2) is 38.6 Å². The third-order valence-electron chi connectivity index (χ3n) is 2.29. The molecule has 0 radical (unpaired) electrons. The van der Waals surface area contributed by atoms with Gasteiger partial charge in [-0.1, -0.05) is 6.07 Å². The van der Waals surface area contributed by atoms with E-state index in [1.165, 1.54) is 11.8 Å². The summed E-state index contributed by atoms with van der Waals surface area (Å²) in [7, 11) is 0. The number of carboxylic acid groups (broad SMARTS) is 1. The Kier molecular flexibility index (Phi) is 3.23. The molecule has 0 aliphatic carbocycles. The Morgan fingerprint density at radius 2 is 2.53 bits per heavy atom. The van der Waals surface area contributed by atoms with Crippen molar-refractivity contribution in [2.45, 2.75) is 11.9 Å². The van der Waals surface area contributed by atoms with Gasteiger partial charge >= 0.3 is 5.97 Å². The second-order valence-electron chi connectivity index (χ2n) is 3.35. The summed E-state index contributed by atoms with van der Waals surface area (Å²) >= 11 is 1.48. The molecule has 1 aliphatic heterocycles. The number of pyridine rings is 1. The van der Waals surface area contributed by atoms with E-state index < -0.39 is 11.3 Å². The quantitative estimate of drug-likeness (QED) is 0.831. The molecule has 1 fully saturated rings. The number of hydrogen-bond acceptors (Lipinski definition) is 4. The molecule has 0 amide bonds. The number of carbonyl (C=O) groups is 1. The molecule has 0 bridgehead atoms. The summed E-state index contributed by atoms with van der Waals surface area (Å²) in [5.41, 5.74) is 0.922. The fourth-order valence-corrected chi connectivity index (χ4v) is 2.69. The highest BCUT2D eigenvalue weighted by molar-refractivity contribution is 8.00. The highest BCUT2D eigenvalue weighted by Gasteiger charge is 2.31. The highest BCUT2D eigenvalue weighted by atomic mass is 32.2. The van der Waals surface area contributed by atoms with Gasteiger partial charge in [0, 0.05) is 25.0 Å². The van der Waals surface area contributed by atoms with Crippen LogP contribution in [0.5, 0.6) is 0 Å². The van der Waals surface area contributed by atoms with Gasteiger partial charge in [0.05, 0.1) is 5.69 Å². The number of aromatic nitrogens is 1. The van der Waals surface area contributed by atoms with Crippen LogP contribution in [-0.2, 0) is 11.3 Å². The maximum Gasteiger partial charge on any atom is 0.331 e. The predicted octanol–water partition coefficient (Wildman–Crippen LogP) is 1.04. The van der Waals surface area contributed by atoms with Crippen LogP contribution in [0.15, 0.2) is 24.4 Å². The standard InChI is InChI=1S/C10H12N2O2S/c13-10(14)9-12(5-6-15-9)7-8-3-1-2-4-11-8/h1-4,9H,5-7H2,(H,13,14). The third-order valence-corrected chi connectivity index (χ3v) is 3.52. The largest absolute Gasteiger partial charge is 0.479 e. The maximum absolute atomic E-state index is 10.9. The zero-order valence-electron chi connectivity index (χ0n) is 8.17. The Morgan fingerprint density at radius 1 is 1.67 bits per heavy atom. The van der Waals surface area contributed by atoms with E-state index in [-0.39, 0.29) is 0 Å². The molecule has 4 nitrogen and oxygen atoms in total. The molecule has 1 aliphatic rings. The first kappa shape index (κ1) is 10.4. The number of hydrogen-bond donors (Lipinski definition) is 1. The molecule has 1 atom stereocenters. The summed E-state index contributed by atoms with van der Waals surface area (Å²) in [6.45, 7) is 1.43. The van der Waals surface area contributed by atoms with Crippen molar-refractivity contribution in [3.05, 3.63) is 30.1 Å². The Bertz CT molecular complexity index is 345. The number of nitrogens with zero attached hydrogens (tertiary/aromatic N) is 2. The van der Waals surface area contributed by atoms with Crippen LogP contribution in [0.2, 0.25) is 0 Å². The van der Waals surface area contributed by atoms with Crippen molar-refractivity contribution in [2.75, 3.05) is 12.3 Å². The van der Waals surface area contributed by atoms with Crippen molar-refractivity contribution in [1.82, 2.24) is 9.88 Å². The van der Waals surface area contributed by atoms with E-state index >= 15 is 0 Å². The van der Waals surface area contributed by atoms with E-state index in [0.717, 1.165) is 18.0 Å². The molecule has 2 rings (SSSR count). The molecule has 0 saturated carbocycles. The summed E-state index contributed by atoms with van der Waals surface area (Å²) in [5.74, 6) is 0.123. The average molecular weight is 224 g/mol. The Balaban J connectivity index is 2.03. The molecule has 15 heavy (non-hydrogen) atoms. The first-order valence-electron chi connectivity index (χ1n) is 4.76. The van der Waals surface area contributed by atoms with E-state index in [0.29, 0.717) is 6.54 Å². The van der Waals surface area contributed by atoms with Crippen molar-refractivity contribution in [3.63, 3.8) is 0 Å². The zero-order chi connectivity index (χ0) is 10.7. The molecule has 1 saturated heterocycles. The van der Waals surface area contributed by atoms with Gasteiger partial charge in [0.2, 0.25) is 0 Å². The van der Waals surface area contributed by atoms with Crippen molar-refractivity contribution in [1.29, 1.82) is 0 Å². The minimum absolute atomic E-state index is 0.410. The van der Waals surface area contributed by atoms with E-state index in [9.17, 15) is 4.79 Å². The molecule has 1 aromatic heterocycles. The fraction of sp³-hybridized carbons (Fsp3) is 0.400. The second-order valence-corrected chi connectivity index (χ2v) is 4.54. The van der Waals surface area contributed by atoms with Crippen LogP contribution in [0.3, 0.4) is 0 Å². The minimum atomic E-state index is -0.756. The first-order chi connectivity index (χ1) is 7.27. The molecule has 1 aromatic rings. The number of aliphatic carboxylic acids is 1. The molecule has 0 aromatic carbocycles. The summed E-state index contributed by atoms with van der Waals surface area (Å²) in [6.07, 6.45) is 1.73. The van der Waals surface area contributed by atoms with Crippen LogP contribution in [0.1, 0.15) is 5.69 Å². The van der Waals surface area contributed by atoms with Crippen LogP contribution in [0.25, 0.3) is 0 Å². The van der Waals surface area contributed by atoms with Gasteiger partial charge in [-0.3, -0.25) is 9.88 Å². The van der Waals surface area contributed by atoms with Gasteiger partial charge in [-0.05, 0) is 12.1 Å². The van der Waals surface area contributed by atoms with Gasteiger partial charge in [-0.2, -0.15) is 0 Å². The lowest BCUT2D eigenvalue weighted by atomic mass is 10.3. The molecule has 0 spiro atoms. The van der Waals surface area contributed by atoms with Crippen LogP contribution in [0.4, 0.5) is 0 Å². The average Bonchev–Trinajstić information content (AvgIpc) is 2.67. The number of carboxylic acids is 1. The van der Waals surface area contributed by atoms with Gasteiger partial charge in [0.25, 0.3) is 0 Å². The SMILES string of the molecule is O=C(O)C1SCCN1Cc1ccccn1. The Morgan fingerprint density at radius 3 is 3.20 bits per heavy atom. The van der Waals surface area contributed by atoms with Gasteiger partial charge in [0.1, 0.15) is 0 Å². The summed E-state index contributed by atoms with van der Waals surface area (Å²) in [4.78, 5) is 17.1. The van der Waals surface area contributed by atoms with E-state index in [4.69, 9.17) is 5.11 Å². The van der Waals surface area contributed by atoms with E-state index in [1.54, 1.807) is 6.20 Å². The van der Waals surface area contributed by atoms with Crippen LogP contribution >= 0.6 is 11.8 Å². The van der Waals surface area contributed by atoms with Crippen molar-refractivity contribution in [2.24, 2.45) is 0 Å². The topological polar surface area (TPSA) is 53.4 Å². The van der Waals surface area contributed by atoms with Gasteiger partial charge in [0.15, 0.2) is 5.37 Å². The molecular weight excluding hydrogens is 212 g/mol. The smallest absolute Gasteiger partial charge is 0.331 e. The van der Waals surface area contributed by atoms with E-state index in [1.807, 2.05) is 23.1 Å². The molecule has 1 unspecified atom stereocenters. The lowest BCUT2D eigenvalue weighted by molar-refractivity contribution is -0.139. The van der Waals surface area contributed by atoms with Crippen molar-refractivity contribution < 1.29 is 9.90 Å². The van der Waals surface area contributed by atoms with Crippen molar-refractivity contribution >= 4 is 17.7 Å². The molecular formula is C10H12N2O2S. The van der Waals surface area contributed by atoms with Crippen molar-refractivity contribution in [3.8, 4) is 0 Å². The maximum atomic E-state index is 10.9. The fourth-order valence-electron chi connectivity index (χ4n) is 1.59. The molecule has 80 valence electrons. The summed E-state index contributed by atoms with van der Waals surface area (Å²) < 4.78 is 0. The third kappa shape index (κ3) is 2.49. The van der Waals surface area contributed by atoms with E-state index in [2.05, 4.69) is 4.98 Å². The zero-order valence-corrected chi connectivity index (χ0v) is 8.98. The monoisotopic (exact) mass is 224 g/mol. The molecule has 5 heteroatoms. The highest BCUT2D eigenvalue weighted by Crippen LogP contribution is 2.24. The molecule has 2 heterocycles.